The molecule has 1 heterocycles. The molecule has 0 aliphatic carbocycles. The van der Waals surface area contributed by atoms with Gasteiger partial charge in [0.1, 0.15) is 5.54 Å². The molecular weight excluding hydrogens is 264 g/mol. The lowest BCUT2D eigenvalue weighted by atomic mass is 9.91. The highest BCUT2D eigenvalue weighted by Gasteiger charge is 2.47. The Kier molecular flexibility index (Phi) is 3.79. The highest BCUT2D eigenvalue weighted by Crippen LogP contribution is 2.38. The van der Waals surface area contributed by atoms with E-state index in [0.717, 1.165) is 5.56 Å². The fraction of sp³-hybridized carbons (Fsp3) is 0.429. The maximum atomic E-state index is 11.8. The van der Waals surface area contributed by atoms with Crippen LogP contribution in [-0.4, -0.2) is 18.6 Å². The maximum Gasteiger partial charge on any atom is 0.325 e. The van der Waals surface area contributed by atoms with Crippen molar-refractivity contribution in [1.82, 2.24) is 5.32 Å². The molecule has 0 amide bonds. The number of carbonyl (C=O) groups is 1. The van der Waals surface area contributed by atoms with E-state index >= 15 is 0 Å². The number of benzene rings is 1. The van der Waals surface area contributed by atoms with Gasteiger partial charge in [-0.05, 0) is 31.0 Å². The number of nitrogens with zero attached hydrogens (tertiary/aromatic N) is 1. The van der Waals surface area contributed by atoms with E-state index < -0.39 is 5.54 Å². The van der Waals surface area contributed by atoms with E-state index in [4.69, 9.17) is 16.3 Å². The summed E-state index contributed by atoms with van der Waals surface area (Å²) < 4.78 is 4.80. The molecule has 1 fully saturated rings. The van der Waals surface area contributed by atoms with E-state index in [-0.39, 0.29) is 17.9 Å². The van der Waals surface area contributed by atoms with Gasteiger partial charge < -0.3 is 4.74 Å². The molecule has 1 aromatic rings. The quantitative estimate of drug-likeness (QED) is 0.844. The number of halogens is 1. The summed E-state index contributed by atoms with van der Waals surface area (Å²) >= 11 is 5.86. The van der Waals surface area contributed by atoms with Crippen molar-refractivity contribution in [3.05, 3.63) is 34.9 Å². The summed E-state index contributed by atoms with van der Waals surface area (Å²) in [7, 11) is 1.35. The summed E-state index contributed by atoms with van der Waals surface area (Å²) in [6, 6.07) is 9.36. The number of rotatable bonds is 2. The molecule has 1 aliphatic heterocycles. The number of hydrogen-bond acceptors (Lipinski definition) is 4. The third-order valence-electron chi connectivity index (χ3n) is 3.54. The fourth-order valence-corrected chi connectivity index (χ4v) is 2.66. The van der Waals surface area contributed by atoms with Crippen LogP contribution in [0.5, 0.6) is 0 Å². The third kappa shape index (κ3) is 2.58. The molecule has 2 rings (SSSR count). The zero-order valence-corrected chi connectivity index (χ0v) is 11.6. The lowest BCUT2D eigenvalue weighted by Crippen LogP contribution is -2.45. The molecule has 4 nitrogen and oxygen atoms in total. The van der Waals surface area contributed by atoms with Crippen LogP contribution in [-0.2, 0) is 9.53 Å². The first-order valence-corrected chi connectivity index (χ1v) is 6.39. The monoisotopic (exact) mass is 278 g/mol. The van der Waals surface area contributed by atoms with Gasteiger partial charge >= 0.3 is 5.97 Å². The van der Waals surface area contributed by atoms with E-state index in [0.29, 0.717) is 11.4 Å². The fourth-order valence-electron chi connectivity index (χ4n) is 2.53. The van der Waals surface area contributed by atoms with E-state index in [2.05, 4.69) is 11.4 Å². The van der Waals surface area contributed by atoms with Crippen LogP contribution in [0, 0.1) is 17.2 Å². The smallest absolute Gasteiger partial charge is 0.325 e. The minimum atomic E-state index is -0.820. The first kappa shape index (κ1) is 13.9. The van der Waals surface area contributed by atoms with Crippen molar-refractivity contribution >= 4 is 17.6 Å². The van der Waals surface area contributed by atoms with Crippen LogP contribution >= 0.6 is 11.6 Å². The molecule has 0 spiro atoms. The summed E-state index contributed by atoms with van der Waals surface area (Å²) in [5.74, 6) is -0.616. The first-order chi connectivity index (χ1) is 9.00. The van der Waals surface area contributed by atoms with E-state index in [1.54, 1.807) is 19.1 Å². The topological polar surface area (TPSA) is 62.1 Å². The minimum absolute atomic E-state index is 0.189. The summed E-state index contributed by atoms with van der Waals surface area (Å²) in [6.07, 6.45) is 0.434. The number of methoxy groups -OCH3 is 1. The van der Waals surface area contributed by atoms with Crippen LogP contribution in [0.15, 0.2) is 24.3 Å². The molecule has 19 heavy (non-hydrogen) atoms. The van der Waals surface area contributed by atoms with E-state index in [1.165, 1.54) is 7.11 Å². The number of nitriles is 1. The average Bonchev–Trinajstić information content (AvgIpc) is 2.77. The molecule has 0 radical (unpaired) electrons. The number of nitrogens with one attached hydrogen (secondary N) is 1. The highest BCUT2D eigenvalue weighted by molar-refractivity contribution is 6.30. The van der Waals surface area contributed by atoms with E-state index in [9.17, 15) is 10.1 Å². The molecule has 5 heteroatoms. The Labute approximate surface area is 117 Å². The number of ether oxygens (including phenoxy) is 1. The van der Waals surface area contributed by atoms with Crippen LogP contribution in [0.1, 0.15) is 24.9 Å². The molecule has 1 N–H and O–H groups in total. The largest absolute Gasteiger partial charge is 0.468 e. The van der Waals surface area contributed by atoms with Crippen molar-refractivity contribution in [2.24, 2.45) is 5.92 Å². The Hall–Kier alpha value is -1.57. The molecule has 3 atom stereocenters. The van der Waals surface area contributed by atoms with Crippen molar-refractivity contribution in [2.75, 3.05) is 7.11 Å². The second-order valence-electron chi connectivity index (χ2n) is 4.94. The van der Waals surface area contributed by atoms with Crippen LogP contribution < -0.4 is 5.32 Å². The highest BCUT2D eigenvalue weighted by atomic mass is 35.5. The van der Waals surface area contributed by atoms with Gasteiger partial charge in [-0.1, -0.05) is 23.7 Å². The van der Waals surface area contributed by atoms with Crippen molar-refractivity contribution < 1.29 is 9.53 Å². The van der Waals surface area contributed by atoms with Crippen molar-refractivity contribution in [3.8, 4) is 6.07 Å². The molecule has 1 saturated heterocycles. The van der Waals surface area contributed by atoms with Gasteiger partial charge in [-0.2, -0.15) is 5.26 Å². The Balaban J connectivity index is 2.29. The van der Waals surface area contributed by atoms with E-state index in [1.807, 2.05) is 12.1 Å². The Morgan fingerprint density at radius 3 is 2.68 bits per heavy atom. The van der Waals surface area contributed by atoms with Crippen LogP contribution in [0.4, 0.5) is 0 Å². The SMILES string of the molecule is COC(=O)[C@]1(C)C[C@@H](C#N)[C@H](c2ccc(Cl)cc2)N1. The second kappa shape index (κ2) is 5.20. The molecular formula is C14H15ClN2O2. The molecule has 0 unspecified atom stereocenters. The van der Waals surface area contributed by atoms with Crippen molar-refractivity contribution in [2.45, 2.75) is 24.9 Å². The zero-order chi connectivity index (χ0) is 14.0. The number of hydrogen-bond donors (Lipinski definition) is 1. The van der Waals surface area contributed by atoms with Gasteiger partial charge in [-0.25, -0.2) is 0 Å². The molecule has 1 aromatic carbocycles. The van der Waals surface area contributed by atoms with Gasteiger partial charge in [0.25, 0.3) is 0 Å². The van der Waals surface area contributed by atoms with Gasteiger partial charge in [-0.15, -0.1) is 0 Å². The summed E-state index contributed by atoms with van der Waals surface area (Å²) in [5.41, 5.74) is 0.128. The minimum Gasteiger partial charge on any atom is -0.468 e. The van der Waals surface area contributed by atoms with Gasteiger partial charge in [0.2, 0.25) is 0 Å². The van der Waals surface area contributed by atoms with Crippen molar-refractivity contribution in [3.63, 3.8) is 0 Å². The first-order valence-electron chi connectivity index (χ1n) is 6.01. The summed E-state index contributed by atoms with van der Waals surface area (Å²) in [5, 5.41) is 13.1. The Morgan fingerprint density at radius 2 is 2.16 bits per heavy atom. The summed E-state index contributed by atoms with van der Waals surface area (Å²) in [4.78, 5) is 11.8. The van der Waals surface area contributed by atoms with Crippen LogP contribution in [0.25, 0.3) is 0 Å². The predicted octanol–water partition coefficient (Wildman–Crippen LogP) is 2.45. The van der Waals surface area contributed by atoms with Crippen LogP contribution in [0.2, 0.25) is 5.02 Å². The molecule has 0 saturated carbocycles. The summed E-state index contributed by atoms with van der Waals surface area (Å²) in [6.45, 7) is 1.76. The third-order valence-corrected chi connectivity index (χ3v) is 3.79. The Bertz CT molecular complexity index is 523. The molecule has 0 aromatic heterocycles. The predicted molar refractivity (Wildman–Crippen MR) is 71.5 cm³/mol. The standard InChI is InChI=1S/C14H15ClN2O2/c1-14(13(18)19-2)7-10(8-16)12(17-14)9-3-5-11(15)6-4-9/h3-6,10,12,17H,7H2,1-2H3/t10-,12-,14-/m0/s1. The van der Waals surface area contributed by atoms with Crippen LogP contribution in [0.3, 0.4) is 0 Å². The number of carbonyl (C=O) groups excluding carboxylic acids is 1. The second-order valence-corrected chi connectivity index (χ2v) is 5.37. The zero-order valence-electron chi connectivity index (χ0n) is 10.8. The molecule has 100 valence electrons. The Morgan fingerprint density at radius 1 is 1.53 bits per heavy atom. The maximum absolute atomic E-state index is 11.8. The lowest BCUT2D eigenvalue weighted by molar-refractivity contribution is -0.147. The lowest BCUT2D eigenvalue weighted by Gasteiger charge is -2.22. The normalized spacial score (nSPS) is 29.8. The van der Waals surface area contributed by atoms with Crippen molar-refractivity contribution in [1.29, 1.82) is 5.26 Å². The number of esters is 1. The molecule has 1 aliphatic rings. The van der Waals surface area contributed by atoms with Gasteiger partial charge in [0.05, 0.1) is 19.1 Å². The molecule has 0 bridgehead atoms. The average molecular weight is 279 g/mol. The van der Waals surface area contributed by atoms with Gasteiger partial charge in [0.15, 0.2) is 0 Å². The van der Waals surface area contributed by atoms with Gasteiger partial charge in [0, 0.05) is 11.1 Å². The van der Waals surface area contributed by atoms with Gasteiger partial charge in [-0.3, -0.25) is 10.1 Å².